The third-order valence-corrected chi connectivity index (χ3v) is 5.32. The van der Waals surface area contributed by atoms with Crippen LogP contribution in [-0.4, -0.2) is 29.8 Å². The van der Waals surface area contributed by atoms with Crippen LogP contribution in [0.4, 0.5) is 0 Å². The molecule has 0 bridgehead atoms. The van der Waals surface area contributed by atoms with E-state index in [0.717, 1.165) is 23.6 Å². The molecule has 2 fully saturated rings. The van der Waals surface area contributed by atoms with Crippen molar-refractivity contribution >= 4 is 12.6 Å². The third-order valence-electron chi connectivity index (χ3n) is 4.81. The van der Waals surface area contributed by atoms with Crippen molar-refractivity contribution < 1.29 is 0 Å². The van der Waals surface area contributed by atoms with Crippen molar-refractivity contribution in [1.29, 1.82) is 0 Å². The quantitative estimate of drug-likeness (QED) is 0.727. The van der Waals surface area contributed by atoms with Crippen LogP contribution in [0.5, 0.6) is 0 Å². The highest BCUT2D eigenvalue weighted by Gasteiger charge is 2.33. The molecule has 1 saturated heterocycles. The molecule has 1 heterocycles. The Labute approximate surface area is 113 Å². The van der Waals surface area contributed by atoms with Gasteiger partial charge in [0.2, 0.25) is 0 Å². The van der Waals surface area contributed by atoms with E-state index in [-0.39, 0.29) is 0 Å². The van der Waals surface area contributed by atoms with Gasteiger partial charge in [0.05, 0.1) is 0 Å². The number of piperidine rings is 1. The van der Waals surface area contributed by atoms with Crippen LogP contribution in [0.2, 0.25) is 0 Å². The second-order valence-electron chi connectivity index (χ2n) is 6.09. The van der Waals surface area contributed by atoms with Crippen LogP contribution in [-0.2, 0) is 0 Å². The maximum absolute atomic E-state index is 4.54. The molecule has 1 nitrogen and oxygen atoms in total. The molecule has 0 N–H and O–H groups in total. The molecule has 2 heteroatoms. The normalized spacial score (nSPS) is 32.1. The standard InChI is InChI=1S/C15H29NS/c1-2-6-13(12-17)11-16-10-5-8-14-7-3-4-9-15(14)16/h13-15,17H,2-12H2,1H3. The summed E-state index contributed by atoms with van der Waals surface area (Å²) in [6.07, 6.45) is 11.5. The van der Waals surface area contributed by atoms with Gasteiger partial charge in [0.1, 0.15) is 0 Å². The van der Waals surface area contributed by atoms with E-state index in [1.54, 1.807) is 0 Å². The summed E-state index contributed by atoms with van der Waals surface area (Å²) in [4.78, 5) is 2.82. The van der Waals surface area contributed by atoms with Gasteiger partial charge in [-0.2, -0.15) is 12.6 Å². The van der Waals surface area contributed by atoms with Crippen molar-refractivity contribution in [3.63, 3.8) is 0 Å². The summed E-state index contributed by atoms with van der Waals surface area (Å²) in [6, 6.07) is 0.928. The second kappa shape index (κ2) is 7.04. The zero-order valence-corrected chi connectivity index (χ0v) is 12.3. The largest absolute Gasteiger partial charge is 0.300 e. The average Bonchev–Trinajstić information content (AvgIpc) is 2.38. The van der Waals surface area contributed by atoms with E-state index in [1.807, 2.05) is 0 Å². The average molecular weight is 255 g/mol. The van der Waals surface area contributed by atoms with Gasteiger partial charge in [0, 0.05) is 12.6 Å². The molecule has 1 aliphatic heterocycles. The summed E-state index contributed by atoms with van der Waals surface area (Å²) in [5.41, 5.74) is 0. The van der Waals surface area contributed by atoms with Crippen LogP contribution >= 0.6 is 12.6 Å². The number of fused-ring (bicyclic) bond motifs is 1. The third kappa shape index (κ3) is 3.64. The van der Waals surface area contributed by atoms with E-state index in [0.29, 0.717) is 0 Å². The van der Waals surface area contributed by atoms with Gasteiger partial charge in [-0.25, -0.2) is 0 Å². The first-order chi connectivity index (χ1) is 8.35. The van der Waals surface area contributed by atoms with Crippen molar-refractivity contribution in [1.82, 2.24) is 4.90 Å². The molecular weight excluding hydrogens is 226 g/mol. The summed E-state index contributed by atoms with van der Waals surface area (Å²) in [7, 11) is 0. The van der Waals surface area contributed by atoms with Gasteiger partial charge in [0.25, 0.3) is 0 Å². The summed E-state index contributed by atoms with van der Waals surface area (Å²) < 4.78 is 0. The van der Waals surface area contributed by atoms with Gasteiger partial charge in [-0.05, 0) is 56.2 Å². The molecule has 0 amide bonds. The van der Waals surface area contributed by atoms with Gasteiger partial charge in [-0.1, -0.05) is 26.2 Å². The van der Waals surface area contributed by atoms with Gasteiger partial charge in [-0.15, -0.1) is 0 Å². The Morgan fingerprint density at radius 1 is 1.18 bits per heavy atom. The maximum Gasteiger partial charge on any atom is 0.0124 e. The van der Waals surface area contributed by atoms with E-state index in [4.69, 9.17) is 0 Å². The van der Waals surface area contributed by atoms with Crippen molar-refractivity contribution in [2.75, 3.05) is 18.8 Å². The summed E-state index contributed by atoms with van der Waals surface area (Å²) in [6.45, 7) is 4.98. The molecule has 2 aliphatic rings. The van der Waals surface area contributed by atoms with E-state index in [2.05, 4.69) is 24.5 Å². The Morgan fingerprint density at radius 3 is 2.71 bits per heavy atom. The minimum absolute atomic E-state index is 0.823. The fourth-order valence-electron chi connectivity index (χ4n) is 3.93. The van der Waals surface area contributed by atoms with Crippen LogP contribution in [0, 0.1) is 11.8 Å². The topological polar surface area (TPSA) is 3.24 Å². The number of rotatable bonds is 5. The molecule has 3 unspecified atom stereocenters. The van der Waals surface area contributed by atoms with Crippen LogP contribution in [0.1, 0.15) is 58.3 Å². The van der Waals surface area contributed by atoms with Gasteiger partial charge >= 0.3 is 0 Å². The second-order valence-corrected chi connectivity index (χ2v) is 6.45. The highest BCUT2D eigenvalue weighted by molar-refractivity contribution is 7.80. The van der Waals surface area contributed by atoms with Crippen molar-refractivity contribution in [3.8, 4) is 0 Å². The lowest BCUT2D eigenvalue weighted by Gasteiger charge is -2.45. The molecule has 0 aromatic heterocycles. The fraction of sp³-hybridized carbons (Fsp3) is 1.00. The minimum atomic E-state index is 0.823. The summed E-state index contributed by atoms with van der Waals surface area (Å²) in [5, 5.41) is 0. The Morgan fingerprint density at radius 2 is 1.94 bits per heavy atom. The first-order valence-corrected chi connectivity index (χ1v) is 8.33. The van der Waals surface area contributed by atoms with E-state index >= 15 is 0 Å². The molecule has 0 radical (unpaired) electrons. The molecule has 100 valence electrons. The number of hydrogen-bond donors (Lipinski definition) is 1. The predicted octanol–water partition coefficient (Wildman–Crippen LogP) is 3.99. The van der Waals surface area contributed by atoms with Gasteiger partial charge in [-0.3, -0.25) is 4.90 Å². The first kappa shape index (κ1) is 13.7. The lowest BCUT2D eigenvalue weighted by Crippen LogP contribution is -2.48. The van der Waals surface area contributed by atoms with E-state index < -0.39 is 0 Å². The molecule has 2 rings (SSSR count). The Hall–Kier alpha value is 0.310. The minimum Gasteiger partial charge on any atom is -0.300 e. The zero-order valence-electron chi connectivity index (χ0n) is 11.4. The summed E-state index contributed by atoms with van der Waals surface area (Å²) in [5.74, 6) is 2.92. The van der Waals surface area contributed by atoms with Crippen molar-refractivity contribution in [3.05, 3.63) is 0 Å². The molecule has 1 aliphatic carbocycles. The highest BCUT2D eigenvalue weighted by Crippen LogP contribution is 2.35. The smallest absolute Gasteiger partial charge is 0.0124 e. The van der Waals surface area contributed by atoms with Crippen molar-refractivity contribution in [2.45, 2.75) is 64.3 Å². The number of thiol groups is 1. The van der Waals surface area contributed by atoms with E-state index in [1.165, 1.54) is 64.5 Å². The Bertz CT molecular complexity index is 217. The SMILES string of the molecule is CCCC(CS)CN1CCCC2CCCCC21. The Kier molecular flexibility index (Phi) is 5.68. The van der Waals surface area contributed by atoms with Crippen LogP contribution < -0.4 is 0 Å². The number of hydrogen-bond acceptors (Lipinski definition) is 2. The highest BCUT2D eigenvalue weighted by atomic mass is 32.1. The molecule has 17 heavy (non-hydrogen) atoms. The Balaban J connectivity index is 1.89. The molecular formula is C15H29NS. The molecule has 3 atom stereocenters. The number of nitrogens with zero attached hydrogens (tertiary/aromatic N) is 1. The lowest BCUT2D eigenvalue weighted by molar-refractivity contribution is 0.0495. The summed E-state index contributed by atoms with van der Waals surface area (Å²) >= 11 is 4.54. The zero-order chi connectivity index (χ0) is 12.1. The van der Waals surface area contributed by atoms with E-state index in [9.17, 15) is 0 Å². The fourth-order valence-corrected chi connectivity index (χ4v) is 4.23. The molecule has 0 aromatic carbocycles. The molecule has 1 saturated carbocycles. The monoisotopic (exact) mass is 255 g/mol. The van der Waals surface area contributed by atoms with Gasteiger partial charge in [0.15, 0.2) is 0 Å². The lowest BCUT2D eigenvalue weighted by atomic mass is 9.78. The van der Waals surface area contributed by atoms with Crippen LogP contribution in [0.25, 0.3) is 0 Å². The van der Waals surface area contributed by atoms with Crippen LogP contribution in [0.15, 0.2) is 0 Å². The van der Waals surface area contributed by atoms with Crippen LogP contribution in [0.3, 0.4) is 0 Å². The van der Waals surface area contributed by atoms with Gasteiger partial charge < -0.3 is 0 Å². The predicted molar refractivity (Wildman–Crippen MR) is 78.8 cm³/mol. The van der Waals surface area contributed by atoms with Crippen molar-refractivity contribution in [2.24, 2.45) is 11.8 Å². The number of likely N-dealkylation sites (tertiary alicyclic amines) is 1. The maximum atomic E-state index is 4.54. The molecule has 0 spiro atoms. The first-order valence-electron chi connectivity index (χ1n) is 7.70. The molecule has 0 aromatic rings.